The molecule has 2 aromatic rings. The number of nitrogens with two attached hydrogens (primary N) is 1. The quantitative estimate of drug-likeness (QED) is 0.764. The SMILES string of the molecule is COC(=O)C1=C(C)NC(=O)C12c1ccccc1-c1oc(N)nc12. The van der Waals surface area contributed by atoms with Crippen molar-refractivity contribution in [2.45, 2.75) is 12.3 Å². The summed E-state index contributed by atoms with van der Waals surface area (Å²) >= 11 is 0. The zero-order chi connectivity index (χ0) is 16.4. The minimum Gasteiger partial charge on any atom is -0.466 e. The maximum Gasteiger partial charge on any atom is 0.337 e. The fourth-order valence-electron chi connectivity index (χ4n) is 3.52. The first-order chi connectivity index (χ1) is 11.0. The van der Waals surface area contributed by atoms with Gasteiger partial charge in [-0.3, -0.25) is 4.79 Å². The number of carbonyl (C=O) groups is 2. The lowest BCUT2D eigenvalue weighted by Crippen LogP contribution is -2.40. The average molecular weight is 311 g/mol. The van der Waals surface area contributed by atoms with Gasteiger partial charge in [0.1, 0.15) is 5.69 Å². The van der Waals surface area contributed by atoms with Crippen molar-refractivity contribution >= 4 is 17.9 Å². The van der Waals surface area contributed by atoms with Crippen LogP contribution in [0.2, 0.25) is 0 Å². The lowest BCUT2D eigenvalue weighted by molar-refractivity contribution is -0.137. The molecule has 116 valence electrons. The van der Waals surface area contributed by atoms with Gasteiger partial charge in [-0.1, -0.05) is 24.3 Å². The number of ether oxygens (including phenoxy) is 1. The van der Waals surface area contributed by atoms with E-state index in [0.717, 1.165) is 0 Å². The zero-order valence-corrected chi connectivity index (χ0v) is 12.5. The number of esters is 1. The molecule has 1 aromatic heterocycles. The molecule has 0 bridgehead atoms. The lowest BCUT2D eigenvalue weighted by atomic mass is 9.75. The first kappa shape index (κ1) is 13.6. The van der Waals surface area contributed by atoms with Gasteiger partial charge < -0.3 is 20.2 Å². The summed E-state index contributed by atoms with van der Waals surface area (Å²) in [6.07, 6.45) is 0. The highest BCUT2D eigenvalue weighted by Crippen LogP contribution is 2.55. The van der Waals surface area contributed by atoms with Crippen molar-refractivity contribution in [1.29, 1.82) is 0 Å². The second-order valence-corrected chi connectivity index (χ2v) is 5.47. The minimum atomic E-state index is -1.38. The van der Waals surface area contributed by atoms with Crippen LogP contribution in [0.15, 0.2) is 40.0 Å². The smallest absolute Gasteiger partial charge is 0.337 e. The van der Waals surface area contributed by atoms with E-state index in [0.29, 0.717) is 28.3 Å². The average Bonchev–Trinajstić information content (AvgIpc) is 3.12. The van der Waals surface area contributed by atoms with Crippen molar-refractivity contribution < 1.29 is 18.7 Å². The van der Waals surface area contributed by atoms with Crippen molar-refractivity contribution in [1.82, 2.24) is 10.3 Å². The molecule has 1 aromatic carbocycles. The molecule has 2 aliphatic rings. The third-order valence-corrected chi connectivity index (χ3v) is 4.36. The number of methoxy groups -OCH3 is 1. The van der Waals surface area contributed by atoms with Crippen LogP contribution in [0.3, 0.4) is 0 Å². The molecule has 4 rings (SSSR count). The Kier molecular flexibility index (Phi) is 2.49. The third kappa shape index (κ3) is 1.41. The number of oxazole rings is 1. The predicted molar refractivity (Wildman–Crippen MR) is 80.0 cm³/mol. The first-order valence-corrected chi connectivity index (χ1v) is 6.99. The highest BCUT2D eigenvalue weighted by Gasteiger charge is 2.61. The molecule has 1 spiro atoms. The Morgan fingerprint density at radius 2 is 2.13 bits per heavy atom. The van der Waals surface area contributed by atoms with Gasteiger partial charge in [0, 0.05) is 11.3 Å². The number of rotatable bonds is 1. The van der Waals surface area contributed by atoms with Crippen molar-refractivity contribution in [3.05, 3.63) is 46.8 Å². The summed E-state index contributed by atoms with van der Waals surface area (Å²) in [5.74, 6) is -0.552. The van der Waals surface area contributed by atoms with E-state index in [1.807, 2.05) is 12.1 Å². The van der Waals surface area contributed by atoms with E-state index in [4.69, 9.17) is 14.9 Å². The summed E-state index contributed by atoms with van der Waals surface area (Å²) < 4.78 is 10.4. The Balaban J connectivity index is 2.14. The van der Waals surface area contributed by atoms with Crippen LogP contribution in [0.25, 0.3) is 11.3 Å². The second-order valence-electron chi connectivity index (χ2n) is 5.47. The molecule has 1 unspecified atom stereocenters. The second kappa shape index (κ2) is 4.22. The van der Waals surface area contributed by atoms with E-state index in [1.54, 1.807) is 19.1 Å². The number of nitrogens with zero attached hydrogens (tertiary/aromatic N) is 1. The number of benzene rings is 1. The summed E-state index contributed by atoms with van der Waals surface area (Å²) in [6.45, 7) is 1.66. The molecule has 1 amide bonds. The van der Waals surface area contributed by atoms with Crippen LogP contribution < -0.4 is 11.1 Å². The molecular formula is C16H13N3O4. The van der Waals surface area contributed by atoms with Crippen LogP contribution in [-0.4, -0.2) is 24.0 Å². The molecule has 0 saturated heterocycles. The first-order valence-electron chi connectivity index (χ1n) is 6.99. The van der Waals surface area contributed by atoms with Crippen LogP contribution in [0.4, 0.5) is 6.01 Å². The molecule has 7 nitrogen and oxygen atoms in total. The molecule has 2 heterocycles. The monoisotopic (exact) mass is 311 g/mol. The molecule has 7 heteroatoms. The molecule has 3 N–H and O–H groups in total. The number of carbonyl (C=O) groups excluding carboxylic acids is 2. The fourth-order valence-corrected chi connectivity index (χ4v) is 3.52. The maximum absolute atomic E-state index is 12.9. The predicted octanol–water partition coefficient (Wildman–Crippen LogP) is 1.10. The molecule has 1 atom stereocenters. The molecule has 0 fully saturated rings. The number of nitrogen functional groups attached to an aromatic ring is 1. The van der Waals surface area contributed by atoms with Gasteiger partial charge in [0.15, 0.2) is 11.2 Å². The van der Waals surface area contributed by atoms with Crippen molar-refractivity contribution in [2.24, 2.45) is 0 Å². The fraction of sp³-hybridized carbons (Fsp3) is 0.188. The summed E-state index contributed by atoms with van der Waals surface area (Å²) in [5, 5.41) is 2.72. The Morgan fingerprint density at radius 3 is 2.87 bits per heavy atom. The topological polar surface area (TPSA) is 107 Å². The summed E-state index contributed by atoms with van der Waals surface area (Å²) in [7, 11) is 1.28. The molecular weight excluding hydrogens is 298 g/mol. The van der Waals surface area contributed by atoms with Gasteiger partial charge >= 0.3 is 5.97 Å². The van der Waals surface area contributed by atoms with E-state index in [9.17, 15) is 9.59 Å². The van der Waals surface area contributed by atoms with Crippen LogP contribution >= 0.6 is 0 Å². The van der Waals surface area contributed by atoms with Crippen molar-refractivity contribution in [2.75, 3.05) is 12.8 Å². The Morgan fingerprint density at radius 1 is 1.39 bits per heavy atom. The number of hydrogen-bond acceptors (Lipinski definition) is 6. The standard InChI is InChI=1S/C16H13N3O4/c1-7-10(13(20)22-2)16(14(21)18-7)9-6-4-3-5-8(9)11-12(16)19-15(17)23-11/h3-6H,1-2H3,(H2,17,19)(H,18,21). The molecule has 1 aliphatic carbocycles. The number of amides is 1. The number of allylic oxidation sites excluding steroid dienone is 1. The molecule has 23 heavy (non-hydrogen) atoms. The highest BCUT2D eigenvalue weighted by molar-refractivity contribution is 6.14. The van der Waals surface area contributed by atoms with Crippen LogP contribution in [0, 0.1) is 0 Å². The van der Waals surface area contributed by atoms with Crippen LogP contribution in [0.5, 0.6) is 0 Å². The Hall–Kier alpha value is -3.09. The van der Waals surface area contributed by atoms with E-state index in [-0.39, 0.29) is 17.5 Å². The van der Waals surface area contributed by atoms with Gasteiger partial charge in [-0.15, -0.1) is 0 Å². The van der Waals surface area contributed by atoms with E-state index in [1.165, 1.54) is 7.11 Å². The number of nitrogens with one attached hydrogen (secondary N) is 1. The van der Waals surface area contributed by atoms with Gasteiger partial charge in [0.05, 0.1) is 12.7 Å². The normalized spacial score (nSPS) is 21.4. The van der Waals surface area contributed by atoms with Crippen LogP contribution in [-0.2, 0) is 19.7 Å². The van der Waals surface area contributed by atoms with Crippen molar-refractivity contribution in [3.63, 3.8) is 0 Å². The number of hydrogen-bond donors (Lipinski definition) is 2. The van der Waals surface area contributed by atoms with E-state index in [2.05, 4.69) is 10.3 Å². The molecule has 0 radical (unpaired) electrons. The Bertz CT molecular complexity index is 912. The largest absolute Gasteiger partial charge is 0.466 e. The summed E-state index contributed by atoms with van der Waals surface area (Å²) in [4.78, 5) is 29.5. The van der Waals surface area contributed by atoms with Gasteiger partial charge in [0.25, 0.3) is 6.01 Å². The van der Waals surface area contributed by atoms with Gasteiger partial charge in [-0.2, -0.15) is 4.98 Å². The van der Waals surface area contributed by atoms with Crippen LogP contribution in [0.1, 0.15) is 18.2 Å². The van der Waals surface area contributed by atoms with Gasteiger partial charge in [0.2, 0.25) is 5.91 Å². The summed E-state index contributed by atoms with van der Waals surface area (Å²) in [6, 6.07) is 7.16. The van der Waals surface area contributed by atoms with E-state index < -0.39 is 11.4 Å². The molecule has 1 aliphatic heterocycles. The zero-order valence-electron chi connectivity index (χ0n) is 12.5. The number of aromatic nitrogens is 1. The van der Waals surface area contributed by atoms with Gasteiger partial charge in [-0.25, -0.2) is 4.79 Å². The molecule has 0 saturated carbocycles. The van der Waals surface area contributed by atoms with E-state index >= 15 is 0 Å². The minimum absolute atomic E-state index is 0.0505. The van der Waals surface area contributed by atoms with Gasteiger partial charge in [-0.05, 0) is 12.5 Å². The Labute approximate surface area is 131 Å². The highest BCUT2D eigenvalue weighted by atomic mass is 16.5. The number of anilines is 1. The third-order valence-electron chi connectivity index (χ3n) is 4.36. The van der Waals surface area contributed by atoms with Crippen molar-refractivity contribution in [3.8, 4) is 11.3 Å². The summed E-state index contributed by atoms with van der Waals surface area (Å²) in [5.41, 5.74) is 6.61. The number of fused-ring (bicyclic) bond motifs is 5. The maximum atomic E-state index is 12.9. The lowest BCUT2D eigenvalue weighted by Gasteiger charge is -2.23.